The SMILES string of the molecule is CC(N)c1cnc(-c2ccc(Cl)cc2)s1. The molecule has 0 fully saturated rings. The molecule has 1 aromatic carbocycles. The Morgan fingerprint density at radius 2 is 2.00 bits per heavy atom. The van der Waals surface area contributed by atoms with Crippen molar-refractivity contribution in [3.63, 3.8) is 0 Å². The molecule has 0 aliphatic rings. The van der Waals surface area contributed by atoms with Crippen molar-refractivity contribution in [2.75, 3.05) is 0 Å². The van der Waals surface area contributed by atoms with Gasteiger partial charge in [0.1, 0.15) is 5.01 Å². The van der Waals surface area contributed by atoms with Crippen LogP contribution in [0.5, 0.6) is 0 Å². The lowest BCUT2D eigenvalue weighted by molar-refractivity contribution is 0.835. The average Bonchev–Trinajstić information content (AvgIpc) is 2.68. The molecule has 0 radical (unpaired) electrons. The molecule has 0 bridgehead atoms. The molecule has 2 aromatic rings. The van der Waals surface area contributed by atoms with Crippen molar-refractivity contribution in [2.24, 2.45) is 5.73 Å². The van der Waals surface area contributed by atoms with Crippen molar-refractivity contribution in [2.45, 2.75) is 13.0 Å². The van der Waals surface area contributed by atoms with Gasteiger partial charge >= 0.3 is 0 Å². The summed E-state index contributed by atoms with van der Waals surface area (Å²) in [6.45, 7) is 1.96. The van der Waals surface area contributed by atoms with E-state index in [1.54, 1.807) is 11.3 Å². The monoisotopic (exact) mass is 238 g/mol. The molecule has 0 saturated heterocycles. The van der Waals surface area contributed by atoms with Crippen molar-refractivity contribution in [1.82, 2.24) is 4.98 Å². The molecule has 0 amide bonds. The van der Waals surface area contributed by atoms with Gasteiger partial charge in [-0.1, -0.05) is 23.7 Å². The first-order valence-corrected chi connectivity index (χ1v) is 5.83. The fraction of sp³-hybridized carbons (Fsp3) is 0.182. The summed E-state index contributed by atoms with van der Waals surface area (Å²) in [4.78, 5) is 5.43. The van der Waals surface area contributed by atoms with Gasteiger partial charge in [0.15, 0.2) is 0 Å². The zero-order valence-electron chi connectivity index (χ0n) is 8.27. The quantitative estimate of drug-likeness (QED) is 0.870. The van der Waals surface area contributed by atoms with E-state index in [0.717, 1.165) is 20.5 Å². The minimum absolute atomic E-state index is 0.0450. The van der Waals surface area contributed by atoms with E-state index >= 15 is 0 Å². The van der Waals surface area contributed by atoms with Gasteiger partial charge in [-0.2, -0.15) is 0 Å². The van der Waals surface area contributed by atoms with Crippen LogP contribution in [0, 0.1) is 0 Å². The average molecular weight is 239 g/mol. The molecule has 78 valence electrons. The normalized spacial score (nSPS) is 12.7. The molecule has 2 nitrogen and oxygen atoms in total. The summed E-state index contributed by atoms with van der Waals surface area (Å²) in [6, 6.07) is 7.70. The van der Waals surface area contributed by atoms with Crippen molar-refractivity contribution in [3.05, 3.63) is 40.4 Å². The van der Waals surface area contributed by atoms with Crippen LogP contribution in [-0.2, 0) is 0 Å². The van der Waals surface area contributed by atoms with Crippen LogP contribution >= 0.6 is 22.9 Å². The summed E-state index contributed by atoms with van der Waals surface area (Å²) in [5, 5.41) is 1.72. The van der Waals surface area contributed by atoms with Crippen LogP contribution in [0.3, 0.4) is 0 Å². The smallest absolute Gasteiger partial charge is 0.123 e. The molecule has 0 spiro atoms. The molecule has 1 unspecified atom stereocenters. The molecule has 2 N–H and O–H groups in total. The third-order valence-electron chi connectivity index (χ3n) is 2.06. The van der Waals surface area contributed by atoms with E-state index in [1.807, 2.05) is 37.4 Å². The maximum atomic E-state index is 5.82. The van der Waals surface area contributed by atoms with Crippen LogP contribution in [0.25, 0.3) is 10.6 Å². The van der Waals surface area contributed by atoms with Gasteiger partial charge in [0.2, 0.25) is 0 Å². The molecule has 0 aliphatic carbocycles. The van der Waals surface area contributed by atoms with Crippen molar-refractivity contribution in [3.8, 4) is 10.6 Å². The molecule has 1 heterocycles. The van der Waals surface area contributed by atoms with Gasteiger partial charge in [-0.15, -0.1) is 11.3 Å². The van der Waals surface area contributed by atoms with Gasteiger partial charge < -0.3 is 5.73 Å². The van der Waals surface area contributed by atoms with Crippen LogP contribution in [0.2, 0.25) is 5.02 Å². The fourth-order valence-electron chi connectivity index (χ4n) is 1.22. The Bertz CT molecular complexity index is 448. The second-order valence-electron chi connectivity index (χ2n) is 3.36. The number of aromatic nitrogens is 1. The van der Waals surface area contributed by atoms with Crippen LogP contribution in [0.1, 0.15) is 17.8 Å². The highest BCUT2D eigenvalue weighted by molar-refractivity contribution is 7.15. The van der Waals surface area contributed by atoms with Gasteiger partial charge in [-0.3, -0.25) is 0 Å². The minimum atomic E-state index is 0.0450. The summed E-state index contributed by atoms with van der Waals surface area (Å²) in [5.74, 6) is 0. The summed E-state index contributed by atoms with van der Waals surface area (Å²) in [6.07, 6.45) is 1.83. The van der Waals surface area contributed by atoms with Gasteiger partial charge in [-0.25, -0.2) is 4.98 Å². The standard InChI is InChI=1S/C11H11ClN2S/c1-7(13)10-6-14-11(15-10)8-2-4-9(12)5-3-8/h2-7H,13H2,1H3. The number of benzene rings is 1. The fourth-order valence-corrected chi connectivity index (χ4v) is 2.22. The first-order valence-electron chi connectivity index (χ1n) is 4.64. The van der Waals surface area contributed by atoms with E-state index < -0.39 is 0 Å². The number of rotatable bonds is 2. The van der Waals surface area contributed by atoms with Crippen LogP contribution in [0.4, 0.5) is 0 Å². The second-order valence-corrected chi connectivity index (χ2v) is 4.86. The molecule has 4 heteroatoms. The summed E-state index contributed by atoms with van der Waals surface area (Å²) < 4.78 is 0. The predicted molar refractivity (Wildman–Crippen MR) is 65.2 cm³/mol. The van der Waals surface area contributed by atoms with Gasteiger partial charge in [-0.05, 0) is 19.1 Å². The Hall–Kier alpha value is -0.900. The predicted octanol–water partition coefficient (Wildman–Crippen LogP) is 3.48. The largest absolute Gasteiger partial charge is 0.323 e. The summed E-state index contributed by atoms with van der Waals surface area (Å²) in [7, 11) is 0. The van der Waals surface area contributed by atoms with Gasteiger partial charge in [0.25, 0.3) is 0 Å². The number of hydrogen-bond donors (Lipinski definition) is 1. The Kier molecular flexibility index (Phi) is 3.05. The van der Waals surface area contributed by atoms with Crippen molar-refractivity contribution < 1.29 is 0 Å². The molecule has 0 saturated carbocycles. The van der Waals surface area contributed by atoms with Crippen LogP contribution < -0.4 is 5.73 Å². The van der Waals surface area contributed by atoms with E-state index in [-0.39, 0.29) is 6.04 Å². The summed E-state index contributed by atoms with van der Waals surface area (Å²) in [5.41, 5.74) is 6.86. The van der Waals surface area contributed by atoms with Gasteiger partial charge in [0, 0.05) is 27.7 Å². The maximum absolute atomic E-state index is 5.82. The molecular weight excluding hydrogens is 228 g/mol. The highest BCUT2D eigenvalue weighted by atomic mass is 35.5. The Morgan fingerprint density at radius 1 is 1.33 bits per heavy atom. The number of nitrogens with two attached hydrogens (primary N) is 1. The Balaban J connectivity index is 2.33. The lowest BCUT2D eigenvalue weighted by atomic mass is 10.2. The van der Waals surface area contributed by atoms with Crippen molar-refractivity contribution >= 4 is 22.9 Å². The second kappa shape index (κ2) is 4.31. The van der Waals surface area contributed by atoms with E-state index in [0.29, 0.717) is 0 Å². The zero-order chi connectivity index (χ0) is 10.8. The zero-order valence-corrected chi connectivity index (χ0v) is 9.85. The van der Waals surface area contributed by atoms with E-state index in [4.69, 9.17) is 17.3 Å². The number of halogens is 1. The Labute approximate surface area is 97.7 Å². The number of hydrogen-bond acceptors (Lipinski definition) is 3. The van der Waals surface area contributed by atoms with Crippen LogP contribution in [-0.4, -0.2) is 4.98 Å². The number of nitrogens with zero attached hydrogens (tertiary/aromatic N) is 1. The molecule has 2 rings (SSSR count). The molecular formula is C11H11ClN2S. The summed E-state index contributed by atoms with van der Waals surface area (Å²) >= 11 is 7.44. The highest BCUT2D eigenvalue weighted by Crippen LogP contribution is 2.28. The minimum Gasteiger partial charge on any atom is -0.323 e. The van der Waals surface area contributed by atoms with Gasteiger partial charge in [0.05, 0.1) is 0 Å². The first kappa shape index (κ1) is 10.6. The molecule has 0 aliphatic heterocycles. The lowest BCUT2D eigenvalue weighted by Crippen LogP contribution is -2.01. The third-order valence-corrected chi connectivity index (χ3v) is 3.56. The van der Waals surface area contributed by atoms with E-state index in [9.17, 15) is 0 Å². The van der Waals surface area contributed by atoms with E-state index in [1.165, 1.54) is 0 Å². The highest BCUT2D eigenvalue weighted by Gasteiger charge is 2.07. The van der Waals surface area contributed by atoms with E-state index in [2.05, 4.69) is 4.98 Å². The number of thiazole rings is 1. The molecule has 15 heavy (non-hydrogen) atoms. The third kappa shape index (κ3) is 2.37. The van der Waals surface area contributed by atoms with Crippen LogP contribution in [0.15, 0.2) is 30.5 Å². The molecule has 1 aromatic heterocycles. The maximum Gasteiger partial charge on any atom is 0.123 e. The first-order chi connectivity index (χ1) is 7.16. The van der Waals surface area contributed by atoms with Crippen molar-refractivity contribution in [1.29, 1.82) is 0 Å². The Morgan fingerprint density at radius 3 is 2.53 bits per heavy atom. The molecule has 1 atom stereocenters. The topological polar surface area (TPSA) is 38.9 Å². The lowest BCUT2D eigenvalue weighted by Gasteiger charge is -1.98.